The Hall–Kier alpha value is -1.02. The van der Waals surface area contributed by atoms with Crippen LogP contribution in [-0.4, -0.2) is 20.7 Å². The minimum Gasteiger partial charge on any atom is -0.496 e. The highest BCUT2D eigenvalue weighted by Crippen LogP contribution is 2.40. The summed E-state index contributed by atoms with van der Waals surface area (Å²) >= 11 is 0. The summed E-state index contributed by atoms with van der Waals surface area (Å²) in [6, 6.07) is 4.56. The fourth-order valence-corrected chi connectivity index (χ4v) is 3.56. The summed E-state index contributed by atoms with van der Waals surface area (Å²) in [5.74, 6) is 2.51. The van der Waals surface area contributed by atoms with Gasteiger partial charge in [-0.15, -0.1) is 0 Å². The van der Waals surface area contributed by atoms with Gasteiger partial charge in [-0.25, -0.2) is 0 Å². The predicted octanol–water partition coefficient (Wildman–Crippen LogP) is 3.81. The minimum atomic E-state index is 0.714. The summed E-state index contributed by atoms with van der Waals surface area (Å²) in [6.07, 6.45) is 5.45. The van der Waals surface area contributed by atoms with Crippen molar-refractivity contribution in [2.75, 3.05) is 20.7 Å². The van der Waals surface area contributed by atoms with Crippen LogP contribution in [0.25, 0.3) is 0 Å². The Morgan fingerprint density at radius 1 is 1.16 bits per heavy atom. The first-order chi connectivity index (χ1) is 9.17. The molecule has 2 atom stereocenters. The summed E-state index contributed by atoms with van der Waals surface area (Å²) in [7, 11) is 3.82. The number of aryl methyl sites for hydroxylation is 2. The van der Waals surface area contributed by atoms with Gasteiger partial charge in [-0.05, 0) is 74.9 Å². The second kappa shape index (κ2) is 6.42. The van der Waals surface area contributed by atoms with Crippen LogP contribution in [0, 0.1) is 19.8 Å². The number of ether oxygens (including phenoxy) is 1. The van der Waals surface area contributed by atoms with Crippen LogP contribution in [0.1, 0.15) is 48.3 Å². The fourth-order valence-electron chi connectivity index (χ4n) is 3.56. The number of hydrogen-bond donors (Lipinski definition) is 1. The molecule has 1 aliphatic carbocycles. The van der Waals surface area contributed by atoms with Crippen LogP contribution in [0.15, 0.2) is 12.1 Å². The summed E-state index contributed by atoms with van der Waals surface area (Å²) in [6.45, 7) is 5.51. The number of nitrogens with one attached hydrogen (secondary N) is 1. The molecule has 2 heteroatoms. The lowest BCUT2D eigenvalue weighted by atomic mass is 9.74. The highest BCUT2D eigenvalue weighted by molar-refractivity contribution is 5.43. The Kier molecular flexibility index (Phi) is 4.87. The first-order valence-corrected chi connectivity index (χ1v) is 7.47. The molecule has 1 aliphatic rings. The molecule has 19 heavy (non-hydrogen) atoms. The van der Waals surface area contributed by atoms with Crippen LogP contribution in [0.2, 0.25) is 0 Å². The Bertz CT molecular complexity index is 426. The van der Waals surface area contributed by atoms with E-state index in [4.69, 9.17) is 4.74 Å². The van der Waals surface area contributed by atoms with Crippen molar-refractivity contribution >= 4 is 0 Å². The van der Waals surface area contributed by atoms with Gasteiger partial charge in [0.1, 0.15) is 5.75 Å². The number of rotatable bonds is 4. The molecule has 2 nitrogen and oxygen atoms in total. The van der Waals surface area contributed by atoms with E-state index in [9.17, 15) is 0 Å². The Labute approximate surface area is 117 Å². The molecule has 0 radical (unpaired) electrons. The van der Waals surface area contributed by atoms with Crippen LogP contribution in [0.3, 0.4) is 0 Å². The first kappa shape index (κ1) is 14.4. The average Bonchev–Trinajstić information content (AvgIpc) is 2.42. The van der Waals surface area contributed by atoms with E-state index < -0.39 is 0 Å². The van der Waals surface area contributed by atoms with E-state index in [2.05, 4.69) is 38.3 Å². The molecule has 0 aliphatic heterocycles. The van der Waals surface area contributed by atoms with Crippen LogP contribution >= 0.6 is 0 Å². The molecule has 1 aromatic rings. The van der Waals surface area contributed by atoms with Gasteiger partial charge in [0.2, 0.25) is 0 Å². The summed E-state index contributed by atoms with van der Waals surface area (Å²) in [4.78, 5) is 0. The average molecular weight is 261 g/mol. The Morgan fingerprint density at radius 3 is 2.58 bits per heavy atom. The smallest absolute Gasteiger partial charge is 0.122 e. The predicted molar refractivity (Wildman–Crippen MR) is 81.1 cm³/mol. The molecule has 0 saturated heterocycles. The molecule has 0 spiro atoms. The largest absolute Gasteiger partial charge is 0.496 e. The molecule has 2 rings (SSSR count). The summed E-state index contributed by atoms with van der Waals surface area (Å²) < 4.78 is 5.43. The second-order valence-corrected chi connectivity index (χ2v) is 5.89. The molecule has 2 unspecified atom stereocenters. The zero-order chi connectivity index (χ0) is 13.8. The third-order valence-corrected chi connectivity index (χ3v) is 4.56. The van der Waals surface area contributed by atoms with E-state index in [0.717, 1.165) is 18.2 Å². The monoisotopic (exact) mass is 261 g/mol. The van der Waals surface area contributed by atoms with E-state index in [1.807, 2.05) is 0 Å². The molecule has 1 N–H and O–H groups in total. The zero-order valence-corrected chi connectivity index (χ0v) is 12.8. The van der Waals surface area contributed by atoms with E-state index >= 15 is 0 Å². The van der Waals surface area contributed by atoms with Gasteiger partial charge in [-0.3, -0.25) is 0 Å². The zero-order valence-electron chi connectivity index (χ0n) is 12.8. The van der Waals surface area contributed by atoms with Gasteiger partial charge in [0.25, 0.3) is 0 Å². The van der Waals surface area contributed by atoms with Crippen molar-refractivity contribution in [3.05, 3.63) is 28.8 Å². The van der Waals surface area contributed by atoms with Crippen LogP contribution in [0.5, 0.6) is 5.75 Å². The molecule has 1 saturated carbocycles. The van der Waals surface area contributed by atoms with Crippen molar-refractivity contribution in [2.45, 2.75) is 45.4 Å². The van der Waals surface area contributed by atoms with Gasteiger partial charge in [0, 0.05) is 0 Å². The van der Waals surface area contributed by atoms with Gasteiger partial charge in [0.15, 0.2) is 0 Å². The summed E-state index contributed by atoms with van der Waals surface area (Å²) in [5.41, 5.74) is 4.19. The van der Waals surface area contributed by atoms with E-state index in [1.54, 1.807) is 12.7 Å². The van der Waals surface area contributed by atoms with E-state index in [-0.39, 0.29) is 0 Å². The van der Waals surface area contributed by atoms with Crippen molar-refractivity contribution in [3.63, 3.8) is 0 Å². The van der Waals surface area contributed by atoms with Crippen molar-refractivity contribution in [1.29, 1.82) is 0 Å². The van der Waals surface area contributed by atoms with Crippen LogP contribution < -0.4 is 10.1 Å². The Morgan fingerprint density at radius 2 is 1.89 bits per heavy atom. The first-order valence-electron chi connectivity index (χ1n) is 7.47. The van der Waals surface area contributed by atoms with E-state index in [0.29, 0.717) is 5.92 Å². The van der Waals surface area contributed by atoms with Gasteiger partial charge in [0.05, 0.1) is 7.11 Å². The SMILES string of the molecule is CNCC1CCCCC1c1cc(C)c(OC)cc1C. The van der Waals surface area contributed by atoms with Crippen LogP contribution in [0.4, 0.5) is 0 Å². The lowest BCUT2D eigenvalue weighted by molar-refractivity contribution is 0.300. The third-order valence-electron chi connectivity index (χ3n) is 4.56. The molecular formula is C17H27NO. The highest BCUT2D eigenvalue weighted by Gasteiger charge is 2.27. The molecule has 0 amide bonds. The molecule has 1 aromatic carbocycles. The van der Waals surface area contributed by atoms with Gasteiger partial charge >= 0.3 is 0 Å². The minimum absolute atomic E-state index is 0.714. The lowest BCUT2D eigenvalue weighted by Gasteiger charge is -2.33. The molecular weight excluding hydrogens is 234 g/mol. The number of methoxy groups -OCH3 is 1. The standard InChI is InChI=1S/C17H27NO/c1-12-10-17(19-4)13(2)9-16(12)15-8-6-5-7-14(15)11-18-3/h9-10,14-15,18H,5-8,11H2,1-4H3. The fraction of sp³-hybridized carbons (Fsp3) is 0.647. The van der Waals surface area contributed by atoms with Crippen LogP contribution in [-0.2, 0) is 0 Å². The highest BCUT2D eigenvalue weighted by atomic mass is 16.5. The van der Waals surface area contributed by atoms with Gasteiger partial charge in [-0.1, -0.05) is 18.9 Å². The maximum Gasteiger partial charge on any atom is 0.122 e. The summed E-state index contributed by atoms with van der Waals surface area (Å²) in [5, 5.41) is 3.37. The van der Waals surface area contributed by atoms with E-state index in [1.165, 1.54) is 36.8 Å². The maximum atomic E-state index is 5.43. The molecule has 0 bridgehead atoms. The van der Waals surface area contributed by atoms with Crippen molar-refractivity contribution in [1.82, 2.24) is 5.32 Å². The van der Waals surface area contributed by atoms with Crippen molar-refractivity contribution in [3.8, 4) is 5.75 Å². The molecule has 1 fully saturated rings. The quantitative estimate of drug-likeness (QED) is 0.890. The number of hydrogen-bond acceptors (Lipinski definition) is 2. The molecule has 0 heterocycles. The third kappa shape index (κ3) is 3.11. The van der Waals surface area contributed by atoms with Gasteiger partial charge < -0.3 is 10.1 Å². The van der Waals surface area contributed by atoms with Gasteiger partial charge in [-0.2, -0.15) is 0 Å². The maximum absolute atomic E-state index is 5.43. The molecule has 106 valence electrons. The molecule has 0 aromatic heterocycles. The number of benzene rings is 1. The van der Waals surface area contributed by atoms with Crippen molar-refractivity contribution in [2.24, 2.45) is 5.92 Å². The second-order valence-electron chi connectivity index (χ2n) is 5.89. The Balaban J connectivity index is 2.30. The normalized spacial score (nSPS) is 23.4. The topological polar surface area (TPSA) is 21.3 Å². The lowest BCUT2D eigenvalue weighted by Crippen LogP contribution is -2.28. The van der Waals surface area contributed by atoms with Crippen molar-refractivity contribution < 1.29 is 4.74 Å².